The molecule has 2 aromatic heterocycles. The van der Waals surface area contributed by atoms with Gasteiger partial charge >= 0.3 is 5.63 Å². The predicted octanol–water partition coefficient (Wildman–Crippen LogP) is 2.83. The molecule has 2 heterocycles. The summed E-state index contributed by atoms with van der Waals surface area (Å²) in [6.45, 7) is 0.488. The zero-order valence-electron chi connectivity index (χ0n) is 11.2. The van der Waals surface area contributed by atoms with Gasteiger partial charge in [-0.15, -0.1) is 0 Å². The zero-order valence-corrected chi connectivity index (χ0v) is 12.0. The summed E-state index contributed by atoms with van der Waals surface area (Å²) < 4.78 is 5.15. The highest BCUT2D eigenvalue weighted by Crippen LogP contribution is 2.12. The van der Waals surface area contributed by atoms with Crippen molar-refractivity contribution in [3.63, 3.8) is 0 Å². The summed E-state index contributed by atoms with van der Waals surface area (Å²) >= 11 is 1.62. The number of hydrogen-bond acceptors (Lipinski definition) is 4. The second kappa shape index (κ2) is 5.93. The van der Waals surface area contributed by atoms with Crippen molar-refractivity contribution in [1.82, 2.24) is 5.32 Å². The summed E-state index contributed by atoms with van der Waals surface area (Å²) in [5, 5.41) is 7.52. The van der Waals surface area contributed by atoms with Crippen LogP contribution in [0.1, 0.15) is 15.9 Å². The Morgan fingerprint density at radius 3 is 2.90 bits per heavy atom. The van der Waals surface area contributed by atoms with E-state index in [4.69, 9.17) is 4.42 Å². The number of amides is 1. The number of para-hydroxylation sites is 1. The van der Waals surface area contributed by atoms with Crippen molar-refractivity contribution in [3.05, 3.63) is 68.7 Å². The number of nitrogens with one attached hydrogen (secondary N) is 1. The Labute approximate surface area is 125 Å². The van der Waals surface area contributed by atoms with Gasteiger partial charge in [-0.25, -0.2) is 4.79 Å². The van der Waals surface area contributed by atoms with Gasteiger partial charge in [0, 0.05) is 11.9 Å². The molecule has 0 aliphatic carbocycles. The number of fused-ring (bicyclic) bond motifs is 1. The van der Waals surface area contributed by atoms with Crippen molar-refractivity contribution in [1.29, 1.82) is 0 Å². The smallest absolute Gasteiger partial charge is 0.349 e. The van der Waals surface area contributed by atoms with Crippen LogP contribution < -0.4 is 10.9 Å². The van der Waals surface area contributed by atoms with Crippen LogP contribution in [0.3, 0.4) is 0 Å². The molecule has 0 radical (unpaired) electrons. The van der Waals surface area contributed by atoms with E-state index in [9.17, 15) is 9.59 Å². The SMILES string of the molecule is O=C(NCCc1ccsc1)c1cc2ccccc2oc1=O. The summed E-state index contributed by atoms with van der Waals surface area (Å²) in [7, 11) is 0. The van der Waals surface area contributed by atoms with E-state index in [0.29, 0.717) is 12.1 Å². The van der Waals surface area contributed by atoms with Crippen molar-refractivity contribution in [2.24, 2.45) is 0 Å². The molecule has 5 heteroatoms. The normalized spacial score (nSPS) is 10.7. The van der Waals surface area contributed by atoms with E-state index in [0.717, 1.165) is 11.8 Å². The van der Waals surface area contributed by atoms with Gasteiger partial charge < -0.3 is 9.73 Å². The van der Waals surface area contributed by atoms with Crippen LogP contribution in [0.5, 0.6) is 0 Å². The van der Waals surface area contributed by atoms with E-state index in [1.807, 2.05) is 22.9 Å². The molecule has 0 aliphatic heterocycles. The lowest BCUT2D eigenvalue weighted by molar-refractivity contribution is 0.0950. The number of carbonyl (C=O) groups excluding carboxylic acids is 1. The molecule has 0 saturated carbocycles. The van der Waals surface area contributed by atoms with Crippen molar-refractivity contribution < 1.29 is 9.21 Å². The monoisotopic (exact) mass is 299 g/mol. The lowest BCUT2D eigenvalue weighted by atomic mass is 10.1. The van der Waals surface area contributed by atoms with Crippen molar-refractivity contribution in [2.45, 2.75) is 6.42 Å². The van der Waals surface area contributed by atoms with Gasteiger partial charge in [0.25, 0.3) is 5.91 Å². The minimum atomic E-state index is -0.610. The molecular formula is C16H13NO3S. The first-order valence-electron chi connectivity index (χ1n) is 6.56. The molecule has 21 heavy (non-hydrogen) atoms. The first-order chi connectivity index (χ1) is 10.2. The first-order valence-corrected chi connectivity index (χ1v) is 7.50. The van der Waals surface area contributed by atoms with Gasteiger partial charge in [0.15, 0.2) is 0 Å². The molecule has 0 fully saturated rings. The van der Waals surface area contributed by atoms with Crippen LogP contribution >= 0.6 is 11.3 Å². The summed E-state index contributed by atoms with van der Waals surface area (Å²) in [4.78, 5) is 23.9. The second-order valence-corrected chi connectivity index (χ2v) is 5.40. The molecule has 0 saturated heterocycles. The van der Waals surface area contributed by atoms with E-state index in [2.05, 4.69) is 5.32 Å². The summed E-state index contributed by atoms with van der Waals surface area (Å²) in [5.41, 5.74) is 1.09. The van der Waals surface area contributed by atoms with Crippen LogP contribution in [0.25, 0.3) is 11.0 Å². The lowest BCUT2D eigenvalue weighted by Gasteiger charge is -2.04. The Balaban J connectivity index is 1.75. The van der Waals surface area contributed by atoms with Crippen LogP contribution in [-0.2, 0) is 6.42 Å². The highest BCUT2D eigenvalue weighted by molar-refractivity contribution is 7.07. The topological polar surface area (TPSA) is 59.3 Å². The molecule has 4 nitrogen and oxygen atoms in total. The summed E-state index contributed by atoms with van der Waals surface area (Å²) in [6.07, 6.45) is 0.744. The highest BCUT2D eigenvalue weighted by Gasteiger charge is 2.12. The number of benzene rings is 1. The fraction of sp³-hybridized carbons (Fsp3) is 0.125. The van der Waals surface area contributed by atoms with Gasteiger partial charge in [-0.2, -0.15) is 11.3 Å². The molecule has 3 aromatic rings. The molecule has 3 rings (SSSR count). The van der Waals surface area contributed by atoms with Crippen LogP contribution in [0.4, 0.5) is 0 Å². The number of carbonyl (C=O) groups is 1. The van der Waals surface area contributed by atoms with Crippen molar-refractivity contribution in [2.75, 3.05) is 6.54 Å². The quantitative estimate of drug-likeness (QED) is 0.754. The largest absolute Gasteiger partial charge is 0.422 e. The minimum Gasteiger partial charge on any atom is -0.422 e. The van der Waals surface area contributed by atoms with Gasteiger partial charge in [0.05, 0.1) is 0 Å². The average molecular weight is 299 g/mol. The molecule has 0 spiro atoms. The maximum atomic E-state index is 12.1. The van der Waals surface area contributed by atoms with E-state index in [1.54, 1.807) is 35.6 Å². The first kappa shape index (κ1) is 13.6. The molecular weight excluding hydrogens is 286 g/mol. The van der Waals surface area contributed by atoms with E-state index >= 15 is 0 Å². The average Bonchev–Trinajstić information content (AvgIpc) is 2.99. The molecule has 0 atom stereocenters. The number of thiophene rings is 1. The van der Waals surface area contributed by atoms with Gasteiger partial charge in [0.2, 0.25) is 0 Å². The zero-order chi connectivity index (χ0) is 14.7. The minimum absolute atomic E-state index is 0.0408. The summed E-state index contributed by atoms with van der Waals surface area (Å²) in [5.74, 6) is -0.398. The highest BCUT2D eigenvalue weighted by atomic mass is 32.1. The fourth-order valence-corrected chi connectivity index (χ4v) is 2.77. The van der Waals surface area contributed by atoms with E-state index in [1.165, 1.54) is 5.56 Å². The maximum Gasteiger partial charge on any atom is 0.349 e. The fourth-order valence-electron chi connectivity index (χ4n) is 2.07. The van der Waals surface area contributed by atoms with Gasteiger partial charge in [-0.1, -0.05) is 18.2 Å². The molecule has 1 amide bonds. The number of rotatable bonds is 4. The molecule has 106 valence electrons. The Kier molecular flexibility index (Phi) is 3.83. The van der Waals surface area contributed by atoms with Gasteiger partial charge in [-0.3, -0.25) is 4.79 Å². The van der Waals surface area contributed by atoms with Crippen molar-refractivity contribution in [3.8, 4) is 0 Å². The van der Waals surface area contributed by atoms with E-state index in [-0.39, 0.29) is 5.56 Å². The Morgan fingerprint density at radius 1 is 1.24 bits per heavy atom. The standard InChI is InChI=1S/C16H13NO3S/c18-15(17-7-5-11-6-8-21-10-11)13-9-12-3-1-2-4-14(12)20-16(13)19/h1-4,6,8-10H,5,7H2,(H,17,18). The van der Waals surface area contributed by atoms with Crippen LogP contribution in [0.15, 0.2) is 56.4 Å². The molecule has 0 unspecified atom stereocenters. The predicted molar refractivity (Wildman–Crippen MR) is 82.8 cm³/mol. The Hall–Kier alpha value is -2.40. The third kappa shape index (κ3) is 3.03. The van der Waals surface area contributed by atoms with E-state index < -0.39 is 11.5 Å². The van der Waals surface area contributed by atoms with Crippen LogP contribution in [0, 0.1) is 0 Å². The van der Waals surface area contributed by atoms with Gasteiger partial charge in [0.1, 0.15) is 11.1 Å². The molecule has 0 aliphatic rings. The van der Waals surface area contributed by atoms with Crippen LogP contribution in [-0.4, -0.2) is 12.5 Å². The van der Waals surface area contributed by atoms with Crippen LogP contribution in [0.2, 0.25) is 0 Å². The Morgan fingerprint density at radius 2 is 2.10 bits per heavy atom. The number of hydrogen-bond donors (Lipinski definition) is 1. The second-order valence-electron chi connectivity index (χ2n) is 4.62. The Bertz CT molecular complexity index is 821. The molecule has 1 aromatic carbocycles. The summed E-state index contributed by atoms with van der Waals surface area (Å²) in [6, 6.07) is 10.7. The lowest BCUT2D eigenvalue weighted by Crippen LogP contribution is -2.29. The third-order valence-corrected chi connectivity index (χ3v) is 3.90. The van der Waals surface area contributed by atoms with Crippen molar-refractivity contribution >= 4 is 28.2 Å². The molecule has 0 bridgehead atoms. The molecule has 1 N–H and O–H groups in total. The third-order valence-electron chi connectivity index (χ3n) is 3.17. The maximum absolute atomic E-state index is 12.1. The van der Waals surface area contributed by atoms with Gasteiger partial charge in [-0.05, 0) is 40.9 Å².